The minimum absolute atomic E-state index is 0.268. The monoisotopic (exact) mass is 441 g/mol. The van der Waals surface area contributed by atoms with Crippen molar-refractivity contribution in [1.82, 2.24) is 5.32 Å². The van der Waals surface area contributed by atoms with E-state index in [0.29, 0.717) is 22.5 Å². The smallest absolute Gasteiger partial charge is 0.337 e. The van der Waals surface area contributed by atoms with Crippen LogP contribution in [0, 0.1) is 12.3 Å². The molecule has 0 saturated carbocycles. The fourth-order valence-corrected chi connectivity index (χ4v) is 3.31. The number of rotatable bonds is 7. The molecular formula is C26H23N3O4. The highest BCUT2D eigenvalue weighted by Crippen LogP contribution is 2.29. The number of esters is 1. The maximum absolute atomic E-state index is 13.4. The van der Waals surface area contributed by atoms with E-state index >= 15 is 0 Å². The van der Waals surface area contributed by atoms with Gasteiger partial charge < -0.3 is 15.8 Å². The van der Waals surface area contributed by atoms with Crippen LogP contribution in [-0.4, -0.2) is 24.9 Å². The number of methoxy groups -OCH3 is 1. The molecule has 3 rings (SSSR count). The number of terminal acetylenes is 1. The van der Waals surface area contributed by atoms with Gasteiger partial charge in [-0.05, 0) is 53.4 Å². The number of carbonyl (C=O) groups excluding carboxylic acids is 3. The van der Waals surface area contributed by atoms with Gasteiger partial charge in [0.1, 0.15) is 6.04 Å². The molecule has 0 bridgehead atoms. The first-order valence-corrected chi connectivity index (χ1v) is 10.1. The maximum Gasteiger partial charge on any atom is 0.337 e. The summed E-state index contributed by atoms with van der Waals surface area (Å²) in [7, 11) is 1.28. The molecule has 1 atom stereocenters. The first kappa shape index (κ1) is 23.1. The number of amides is 2. The van der Waals surface area contributed by atoms with Gasteiger partial charge in [0.25, 0.3) is 0 Å². The van der Waals surface area contributed by atoms with E-state index in [1.54, 1.807) is 24.3 Å². The molecule has 3 aromatic rings. The Hall–Kier alpha value is -4.57. The Morgan fingerprint density at radius 1 is 1.00 bits per heavy atom. The molecule has 0 aliphatic rings. The van der Waals surface area contributed by atoms with Crippen molar-refractivity contribution in [3.8, 4) is 12.3 Å². The topological polar surface area (TPSA) is 102 Å². The van der Waals surface area contributed by atoms with Crippen LogP contribution < -0.4 is 16.0 Å². The van der Waals surface area contributed by atoms with Crippen LogP contribution in [0.4, 0.5) is 11.4 Å². The maximum atomic E-state index is 13.4. The Morgan fingerprint density at radius 3 is 2.21 bits per heavy atom. The highest BCUT2D eigenvalue weighted by Gasteiger charge is 2.32. The lowest BCUT2D eigenvalue weighted by atomic mass is 10.0. The number of hydrogen-bond acceptors (Lipinski definition) is 5. The third-order valence-electron chi connectivity index (χ3n) is 4.98. The lowest BCUT2D eigenvalue weighted by Crippen LogP contribution is -2.43. The van der Waals surface area contributed by atoms with Crippen molar-refractivity contribution in [2.24, 2.45) is 0 Å². The first-order valence-electron chi connectivity index (χ1n) is 10.1. The van der Waals surface area contributed by atoms with Crippen LogP contribution in [0.5, 0.6) is 0 Å². The minimum atomic E-state index is -1.07. The molecule has 0 fully saturated rings. The average Bonchev–Trinajstić information content (AvgIpc) is 2.86. The second-order valence-corrected chi connectivity index (χ2v) is 7.13. The highest BCUT2D eigenvalue weighted by molar-refractivity contribution is 6.09. The summed E-state index contributed by atoms with van der Waals surface area (Å²) in [5, 5.41) is 2.87. The predicted octanol–water partition coefficient (Wildman–Crippen LogP) is 3.08. The zero-order chi connectivity index (χ0) is 23.8. The van der Waals surface area contributed by atoms with Crippen molar-refractivity contribution in [2.45, 2.75) is 12.6 Å². The SMILES string of the molecule is C#CC(=O)N(c1ccc(C(=O)OC)cc1)C(C(=O)NCc1ccccc1)c1ccc(N)cc1. The van der Waals surface area contributed by atoms with Gasteiger partial charge in [-0.3, -0.25) is 14.5 Å². The summed E-state index contributed by atoms with van der Waals surface area (Å²) >= 11 is 0. The van der Waals surface area contributed by atoms with E-state index in [0.717, 1.165) is 5.56 Å². The summed E-state index contributed by atoms with van der Waals surface area (Å²) in [4.78, 5) is 39.2. The normalized spacial score (nSPS) is 11.0. The van der Waals surface area contributed by atoms with Gasteiger partial charge in [0.05, 0.1) is 12.7 Å². The molecular weight excluding hydrogens is 418 g/mol. The number of nitrogens with two attached hydrogens (primary N) is 1. The summed E-state index contributed by atoms with van der Waals surface area (Å²) < 4.78 is 4.72. The van der Waals surface area contributed by atoms with Crippen molar-refractivity contribution < 1.29 is 19.1 Å². The van der Waals surface area contributed by atoms with Crippen LogP contribution in [0.2, 0.25) is 0 Å². The molecule has 0 saturated heterocycles. The van der Waals surface area contributed by atoms with Crippen molar-refractivity contribution in [3.63, 3.8) is 0 Å². The Balaban J connectivity index is 2.01. The third-order valence-corrected chi connectivity index (χ3v) is 4.98. The van der Waals surface area contributed by atoms with Crippen molar-refractivity contribution in [3.05, 3.63) is 95.6 Å². The van der Waals surface area contributed by atoms with Crippen molar-refractivity contribution in [2.75, 3.05) is 17.7 Å². The summed E-state index contributed by atoms with van der Waals surface area (Å²) in [6.45, 7) is 0.268. The molecule has 0 aromatic heterocycles. The molecule has 166 valence electrons. The van der Waals surface area contributed by atoms with E-state index in [-0.39, 0.29) is 6.54 Å². The zero-order valence-electron chi connectivity index (χ0n) is 18.0. The molecule has 7 nitrogen and oxygen atoms in total. The van der Waals surface area contributed by atoms with Gasteiger partial charge in [-0.1, -0.05) is 42.5 Å². The number of nitrogen functional groups attached to an aromatic ring is 1. The van der Waals surface area contributed by atoms with Crippen molar-refractivity contribution >= 4 is 29.2 Å². The molecule has 3 N–H and O–H groups in total. The van der Waals surface area contributed by atoms with Gasteiger partial charge in [0.2, 0.25) is 5.91 Å². The molecule has 2 amide bonds. The Kier molecular flexibility index (Phi) is 7.45. The Bertz CT molecular complexity index is 1170. The summed E-state index contributed by atoms with van der Waals surface area (Å²) in [6, 6.07) is 21.0. The Morgan fingerprint density at radius 2 is 1.64 bits per heavy atom. The number of benzene rings is 3. The predicted molar refractivity (Wildman–Crippen MR) is 126 cm³/mol. The van der Waals surface area contributed by atoms with E-state index in [2.05, 4.69) is 11.2 Å². The lowest BCUT2D eigenvalue weighted by Gasteiger charge is -2.30. The molecule has 3 aromatic carbocycles. The van der Waals surface area contributed by atoms with Gasteiger partial charge in [-0.15, -0.1) is 6.42 Å². The Labute approximate surface area is 192 Å². The van der Waals surface area contributed by atoms with Gasteiger partial charge >= 0.3 is 11.9 Å². The summed E-state index contributed by atoms with van der Waals surface area (Å²) in [5.74, 6) is 0.435. The molecule has 33 heavy (non-hydrogen) atoms. The molecule has 1 unspecified atom stereocenters. The standard InChI is InChI=1S/C26H23N3O4/c1-3-23(30)29(22-15-11-20(12-16-22)26(32)33-2)24(19-9-13-21(27)14-10-19)25(31)28-17-18-7-5-4-6-8-18/h1,4-16,24H,17,27H2,2H3,(H,28,31). The molecule has 0 heterocycles. The third kappa shape index (κ3) is 5.57. The number of ether oxygens (including phenoxy) is 1. The van der Waals surface area contributed by atoms with Crippen molar-refractivity contribution in [1.29, 1.82) is 0 Å². The number of nitrogens with zero attached hydrogens (tertiary/aromatic N) is 1. The van der Waals surface area contributed by atoms with E-state index in [1.807, 2.05) is 30.3 Å². The lowest BCUT2D eigenvalue weighted by molar-refractivity contribution is -0.125. The number of hydrogen-bond donors (Lipinski definition) is 2. The number of nitrogens with one attached hydrogen (secondary N) is 1. The quantitative estimate of drug-likeness (QED) is 0.333. The highest BCUT2D eigenvalue weighted by atomic mass is 16.5. The molecule has 0 spiro atoms. The van der Waals surface area contributed by atoms with Crippen LogP contribution in [-0.2, 0) is 20.9 Å². The molecule has 0 aliphatic heterocycles. The van der Waals surface area contributed by atoms with Crippen LogP contribution in [0.3, 0.4) is 0 Å². The molecule has 0 aliphatic carbocycles. The van der Waals surface area contributed by atoms with Crippen LogP contribution in [0.1, 0.15) is 27.5 Å². The minimum Gasteiger partial charge on any atom is -0.465 e. The second kappa shape index (κ2) is 10.6. The summed E-state index contributed by atoms with van der Waals surface area (Å²) in [6.07, 6.45) is 5.45. The second-order valence-electron chi connectivity index (χ2n) is 7.13. The van der Waals surface area contributed by atoms with E-state index < -0.39 is 23.8 Å². The fourth-order valence-electron chi connectivity index (χ4n) is 3.31. The number of carbonyl (C=O) groups is 3. The molecule has 0 radical (unpaired) electrons. The van der Waals surface area contributed by atoms with Gasteiger partial charge in [0.15, 0.2) is 0 Å². The van der Waals surface area contributed by atoms with E-state index in [1.165, 1.54) is 36.3 Å². The van der Waals surface area contributed by atoms with Gasteiger partial charge in [0, 0.05) is 17.9 Å². The molecule has 7 heteroatoms. The van der Waals surface area contributed by atoms with Gasteiger partial charge in [-0.25, -0.2) is 4.79 Å². The van der Waals surface area contributed by atoms with Crippen LogP contribution in [0.25, 0.3) is 0 Å². The fraction of sp³-hybridized carbons (Fsp3) is 0.115. The first-order chi connectivity index (χ1) is 15.9. The average molecular weight is 441 g/mol. The largest absolute Gasteiger partial charge is 0.465 e. The van der Waals surface area contributed by atoms with E-state index in [4.69, 9.17) is 16.9 Å². The number of anilines is 2. The van der Waals surface area contributed by atoms with E-state index in [9.17, 15) is 14.4 Å². The van der Waals surface area contributed by atoms with Crippen LogP contribution >= 0.6 is 0 Å². The van der Waals surface area contributed by atoms with Crippen LogP contribution in [0.15, 0.2) is 78.9 Å². The zero-order valence-corrected chi connectivity index (χ0v) is 18.0. The summed E-state index contributed by atoms with van der Waals surface area (Å²) in [5.41, 5.74) is 8.40. The van der Waals surface area contributed by atoms with Gasteiger partial charge in [-0.2, -0.15) is 0 Å².